The Kier molecular flexibility index (Phi) is 2.57. The Morgan fingerprint density at radius 2 is 2.13 bits per heavy atom. The Morgan fingerprint density at radius 1 is 1.30 bits per heavy atom. The van der Waals surface area contributed by atoms with E-state index >= 15 is 0 Å². The minimum atomic E-state index is -1.22. The molecule has 5 heteroatoms. The minimum Gasteiger partial charge on any atom is -0.493 e. The fourth-order valence-corrected chi connectivity index (χ4v) is 6.05. The summed E-state index contributed by atoms with van der Waals surface area (Å²) in [5, 5.41) is 33.0. The maximum Gasteiger partial charge on any atom is 0.166 e. The highest BCUT2D eigenvalue weighted by Gasteiger charge is 2.74. The molecule has 0 radical (unpaired) electrons. The molecule has 1 aliphatic heterocycles. The maximum atomic E-state index is 11.7. The van der Waals surface area contributed by atoms with E-state index < -0.39 is 29.3 Å². The molecule has 0 aromatic heterocycles. The molecule has 0 amide bonds. The molecule has 1 aromatic rings. The molecule has 2 unspecified atom stereocenters. The van der Waals surface area contributed by atoms with Gasteiger partial charge < -0.3 is 24.8 Å². The van der Waals surface area contributed by atoms with E-state index in [4.69, 9.17) is 9.47 Å². The Balaban J connectivity index is 1.86. The number of hydrogen-bond donors (Lipinski definition) is 3. The summed E-state index contributed by atoms with van der Waals surface area (Å²) in [7, 11) is 1.60. The lowest BCUT2D eigenvalue weighted by Crippen LogP contribution is -2.75. The molecule has 3 aliphatic carbocycles. The fourth-order valence-electron chi connectivity index (χ4n) is 6.05. The molecule has 23 heavy (non-hydrogen) atoms. The Hall–Kier alpha value is -1.30. The molecule has 1 heterocycles. The predicted molar refractivity (Wildman–Crippen MR) is 81.7 cm³/mol. The smallest absolute Gasteiger partial charge is 0.166 e. The van der Waals surface area contributed by atoms with Crippen LogP contribution in [0.15, 0.2) is 12.1 Å². The van der Waals surface area contributed by atoms with Gasteiger partial charge in [0.1, 0.15) is 11.7 Å². The number of aliphatic hydroxyl groups is 3. The van der Waals surface area contributed by atoms with Crippen molar-refractivity contribution in [3.8, 4) is 11.5 Å². The first-order valence-corrected chi connectivity index (χ1v) is 8.49. The molecule has 4 aliphatic rings. The average Bonchev–Trinajstić information content (AvgIpc) is 2.86. The fraction of sp³-hybridized carbons (Fsp3) is 0.667. The van der Waals surface area contributed by atoms with Crippen LogP contribution in [0.3, 0.4) is 0 Å². The van der Waals surface area contributed by atoms with Gasteiger partial charge in [0.25, 0.3) is 0 Å². The van der Waals surface area contributed by atoms with Crippen molar-refractivity contribution in [2.24, 2.45) is 5.92 Å². The highest BCUT2D eigenvalue weighted by molar-refractivity contribution is 5.62. The van der Waals surface area contributed by atoms with Crippen LogP contribution in [0.5, 0.6) is 11.5 Å². The highest BCUT2D eigenvalue weighted by Crippen LogP contribution is 2.67. The number of ether oxygens (including phenoxy) is 2. The van der Waals surface area contributed by atoms with Gasteiger partial charge >= 0.3 is 0 Å². The number of rotatable bonds is 1. The van der Waals surface area contributed by atoms with Crippen molar-refractivity contribution in [2.45, 2.75) is 61.4 Å². The first-order valence-electron chi connectivity index (χ1n) is 8.49. The topological polar surface area (TPSA) is 79.2 Å². The lowest BCUT2D eigenvalue weighted by atomic mass is 9.44. The van der Waals surface area contributed by atoms with E-state index in [-0.39, 0.29) is 12.3 Å². The van der Waals surface area contributed by atoms with Gasteiger partial charge in [-0.3, -0.25) is 0 Å². The molecule has 1 spiro atoms. The first kappa shape index (κ1) is 14.1. The van der Waals surface area contributed by atoms with Crippen LogP contribution in [-0.4, -0.2) is 46.3 Å². The third kappa shape index (κ3) is 1.33. The van der Waals surface area contributed by atoms with Gasteiger partial charge in [-0.05, 0) is 36.8 Å². The van der Waals surface area contributed by atoms with E-state index in [2.05, 4.69) is 6.07 Å². The van der Waals surface area contributed by atoms with Crippen LogP contribution in [-0.2, 0) is 11.8 Å². The third-order valence-electron chi connectivity index (χ3n) is 6.85. The summed E-state index contributed by atoms with van der Waals surface area (Å²) < 4.78 is 11.6. The zero-order valence-corrected chi connectivity index (χ0v) is 13.2. The summed E-state index contributed by atoms with van der Waals surface area (Å²) in [4.78, 5) is 0. The maximum absolute atomic E-state index is 11.7. The van der Waals surface area contributed by atoms with Crippen LogP contribution in [0, 0.1) is 5.92 Å². The van der Waals surface area contributed by atoms with E-state index in [1.165, 1.54) is 5.56 Å². The monoisotopic (exact) mass is 318 g/mol. The summed E-state index contributed by atoms with van der Waals surface area (Å²) in [5.41, 5.74) is 0.196. The summed E-state index contributed by atoms with van der Waals surface area (Å²) in [5.74, 6) is 1.30. The number of aliphatic hydroxyl groups excluding tert-OH is 2. The molecule has 2 saturated carbocycles. The van der Waals surface area contributed by atoms with Crippen LogP contribution < -0.4 is 9.47 Å². The zero-order chi connectivity index (χ0) is 16.0. The van der Waals surface area contributed by atoms with Crippen LogP contribution in [0.1, 0.15) is 36.8 Å². The van der Waals surface area contributed by atoms with E-state index in [0.717, 1.165) is 31.2 Å². The first-order chi connectivity index (χ1) is 11.0. The molecule has 1 aromatic carbocycles. The molecule has 0 saturated heterocycles. The van der Waals surface area contributed by atoms with Gasteiger partial charge in [-0.15, -0.1) is 0 Å². The molecule has 3 N–H and O–H groups in total. The van der Waals surface area contributed by atoms with Crippen molar-refractivity contribution in [3.05, 3.63) is 23.3 Å². The van der Waals surface area contributed by atoms with E-state index in [1.54, 1.807) is 7.11 Å². The summed E-state index contributed by atoms with van der Waals surface area (Å²) in [6.07, 6.45) is 1.29. The van der Waals surface area contributed by atoms with E-state index in [0.29, 0.717) is 11.5 Å². The van der Waals surface area contributed by atoms with Crippen molar-refractivity contribution >= 4 is 0 Å². The van der Waals surface area contributed by atoms with Gasteiger partial charge in [-0.1, -0.05) is 12.5 Å². The summed E-state index contributed by atoms with van der Waals surface area (Å²) in [6.45, 7) is 0. The SMILES string of the molecule is COc1ccc2c3c1O[C@H]1C(O)C[C@H](O)[C@@]4(O)[C@H](CCCC314)C2. The molecule has 5 rings (SSSR count). The lowest BCUT2D eigenvalue weighted by molar-refractivity contribution is -0.246. The van der Waals surface area contributed by atoms with Crippen molar-refractivity contribution in [1.82, 2.24) is 0 Å². The second kappa shape index (κ2) is 4.21. The van der Waals surface area contributed by atoms with Gasteiger partial charge in [0.05, 0.1) is 24.7 Å². The molecular formula is C18H22O5. The van der Waals surface area contributed by atoms with Gasteiger partial charge in [0.15, 0.2) is 11.5 Å². The minimum absolute atomic E-state index is 0.0108. The Morgan fingerprint density at radius 3 is 2.91 bits per heavy atom. The average molecular weight is 318 g/mol. The molecule has 2 bridgehead atoms. The predicted octanol–water partition coefficient (Wildman–Crippen LogP) is 0.907. The van der Waals surface area contributed by atoms with Crippen molar-refractivity contribution < 1.29 is 24.8 Å². The number of hydrogen-bond acceptors (Lipinski definition) is 5. The standard InChI is InChI=1S/C18H22O5/c1-22-12-5-4-9-7-10-3-2-6-17-14(9)15(12)23-16(17)11(19)8-13(20)18(10,17)21/h4-5,10-11,13,16,19-21H,2-3,6-8H2,1H3/t10-,11?,13+,16+,17?,18+/m1/s1. The summed E-state index contributed by atoms with van der Waals surface area (Å²) >= 11 is 0. The van der Waals surface area contributed by atoms with Gasteiger partial charge in [-0.25, -0.2) is 0 Å². The highest BCUT2D eigenvalue weighted by atomic mass is 16.5. The molecule has 124 valence electrons. The van der Waals surface area contributed by atoms with E-state index in [9.17, 15) is 15.3 Å². The second-order valence-electron chi connectivity index (χ2n) is 7.58. The molecular weight excluding hydrogens is 296 g/mol. The van der Waals surface area contributed by atoms with Crippen LogP contribution >= 0.6 is 0 Å². The lowest BCUT2D eigenvalue weighted by Gasteiger charge is -2.62. The Bertz CT molecular complexity index is 688. The van der Waals surface area contributed by atoms with Gasteiger partial charge in [0, 0.05) is 12.0 Å². The van der Waals surface area contributed by atoms with E-state index in [1.807, 2.05) is 6.07 Å². The van der Waals surface area contributed by atoms with Crippen molar-refractivity contribution in [2.75, 3.05) is 7.11 Å². The van der Waals surface area contributed by atoms with Crippen molar-refractivity contribution in [3.63, 3.8) is 0 Å². The van der Waals surface area contributed by atoms with Crippen LogP contribution in [0.2, 0.25) is 0 Å². The molecule has 6 atom stereocenters. The summed E-state index contributed by atoms with van der Waals surface area (Å²) in [6, 6.07) is 3.96. The number of benzene rings is 1. The zero-order valence-electron chi connectivity index (χ0n) is 13.2. The quantitative estimate of drug-likeness (QED) is 0.717. The normalized spacial score (nSPS) is 46.1. The largest absolute Gasteiger partial charge is 0.493 e. The van der Waals surface area contributed by atoms with Crippen LogP contribution in [0.4, 0.5) is 0 Å². The Labute approximate surface area is 134 Å². The van der Waals surface area contributed by atoms with Crippen LogP contribution in [0.25, 0.3) is 0 Å². The molecule has 5 nitrogen and oxygen atoms in total. The van der Waals surface area contributed by atoms with Crippen molar-refractivity contribution in [1.29, 1.82) is 0 Å². The van der Waals surface area contributed by atoms with Gasteiger partial charge in [0.2, 0.25) is 0 Å². The van der Waals surface area contributed by atoms with Gasteiger partial charge in [-0.2, -0.15) is 0 Å². The molecule has 2 fully saturated rings. The number of methoxy groups -OCH3 is 1. The third-order valence-corrected chi connectivity index (χ3v) is 6.85. The second-order valence-corrected chi connectivity index (χ2v) is 7.58.